The van der Waals surface area contributed by atoms with Gasteiger partial charge in [-0.2, -0.15) is 0 Å². The Morgan fingerprint density at radius 1 is 1.50 bits per heavy atom. The minimum atomic E-state index is -0.433. The number of carbonyl (C=O) groups is 1. The Hall–Kier alpha value is -1.60. The lowest BCUT2D eigenvalue weighted by atomic mass is 10.2. The van der Waals surface area contributed by atoms with Gasteiger partial charge in [-0.15, -0.1) is 11.8 Å². The number of nitrogens with zero attached hydrogens (tertiary/aromatic N) is 1. The molecule has 1 aromatic carbocycles. The van der Waals surface area contributed by atoms with Crippen molar-refractivity contribution in [1.82, 2.24) is 10.6 Å². The number of nitrogens with one attached hydrogen (secondary N) is 2. The van der Waals surface area contributed by atoms with E-state index in [1.807, 2.05) is 6.92 Å². The van der Waals surface area contributed by atoms with Crippen molar-refractivity contribution < 1.29 is 9.72 Å². The van der Waals surface area contributed by atoms with Crippen molar-refractivity contribution >= 4 is 23.4 Å². The summed E-state index contributed by atoms with van der Waals surface area (Å²) in [6.45, 7) is 3.60. The zero-order valence-electron chi connectivity index (χ0n) is 11.2. The molecule has 2 atom stereocenters. The van der Waals surface area contributed by atoms with Gasteiger partial charge in [0.1, 0.15) is 0 Å². The minimum absolute atomic E-state index is 0.00190. The molecule has 1 aliphatic rings. The summed E-state index contributed by atoms with van der Waals surface area (Å²) in [5, 5.41) is 16.5. The third-order valence-corrected chi connectivity index (χ3v) is 4.25. The van der Waals surface area contributed by atoms with E-state index in [0.717, 1.165) is 24.4 Å². The normalized spacial score (nSPS) is 19.6. The van der Waals surface area contributed by atoms with Crippen LogP contribution in [0.2, 0.25) is 0 Å². The summed E-state index contributed by atoms with van der Waals surface area (Å²) in [6.07, 6.45) is 0.959. The van der Waals surface area contributed by atoms with Gasteiger partial charge in [0.25, 0.3) is 5.69 Å². The number of benzene rings is 1. The van der Waals surface area contributed by atoms with E-state index < -0.39 is 4.92 Å². The van der Waals surface area contributed by atoms with Crippen LogP contribution in [0, 0.1) is 10.1 Å². The SMILES string of the molecule is CC(Sc1ccc([N+](=O)[O-])cc1)C(=O)NC1CCNC1. The first kappa shape index (κ1) is 14.8. The summed E-state index contributed by atoms with van der Waals surface area (Å²) >= 11 is 1.40. The molecule has 108 valence electrons. The largest absolute Gasteiger partial charge is 0.351 e. The fraction of sp³-hybridized carbons (Fsp3) is 0.462. The lowest BCUT2D eigenvalue weighted by Crippen LogP contribution is -2.40. The van der Waals surface area contributed by atoms with Crippen LogP contribution in [-0.2, 0) is 4.79 Å². The maximum absolute atomic E-state index is 12.0. The molecule has 0 aromatic heterocycles. The molecule has 2 N–H and O–H groups in total. The molecular formula is C13H17N3O3S. The second kappa shape index (κ2) is 6.71. The van der Waals surface area contributed by atoms with Crippen LogP contribution in [0.3, 0.4) is 0 Å². The smallest absolute Gasteiger partial charge is 0.269 e. The zero-order chi connectivity index (χ0) is 14.5. The first-order valence-electron chi connectivity index (χ1n) is 6.48. The van der Waals surface area contributed by atoms with Gasteiger partial charge in [-0.05, 0) is 32.0 Å². The highest BCUT2D eigenvalue weighted by molar-refractivity contribution is 8.00. The van der Waals surface area contributed by atoms with Crippen LogP contribution in [0.1, 0.15) is 13.3 Å². The molecule has 20 heavy (non-hydrogen) atoms. The standard InChI is InChI=1S/C13H17N3O3S/c1-9(13(17)15-10-6-7-14-8-10)20-12-4-2-11(3-5-12)16(18)19/h2-5,9-10,14H,6-8H2,1H3,(H,15,17). The molecular weight excluding hydrogens is 278 g/mol. The maximum Gasteiger partial charge on any atom is 0.269 e. The summed E-state index contributed by atoms with van der Waals surface area (Å²) in [5.41, 5.74) is 0.0588. The molecule has 0 radical (unpaired) electrons. The molecule has 2 rings (SSSR count). The summed E-state index contributed by atoms with van der Waals surface area (Å²) < 4.78 is 0. The number of thioether (sulfide) groups is 1. The molecule has 1 aliphatic heterocycles. The summed E-state index contributed by atoms with van der Waals surface area (Å²) in [6, 6.07) is 6.46. The molecule has 1 aromatic rings. The van der Waals surface area contributed by atoms with Gasteiger partial charge in [0.2, 0.25) is 5.91 Å². The van der Waals surface area contributed by atoms with Gasteiger partial charge in [-0.25, -0.2) is 0 Å². The van der Waals surface area contributed by atoms with Crippen LogP contribution in [0.15, 0.2) is 29.2 Å². The first-order chi connectivity index (χ1) is 9.56. The summed E-state index contributed by atoms with van der Waals surface area (Å²) in [4.78, 5) is 23.0. The van der Waals surface area contributed by atoms with Crippen LogP contribution in [0.4, 0.5) is 5.69 Å². The van der Waals surface area contributed by atoms with Crippen LogP contribution in [0.5, 0.6) is 0 Å². The molecule has 0 saturated carbocycles. The molecule has 1 fully saturated rings. The van der Waals surface area contributed by atoms with Gasteiger partial charge in [0, 0.05) is 29.6 Å². The summed E-state index contributed by atoms with van der Waals surface area (Å²) in [5.74, 6) is 0.00190. The van der Waals surface area contributed by atoms with Crippen molar-refractivity contribution in [3.8, 4) is 0 Å². The van der Waals surface area contributed by atoms with E-state index in [9.17, 15) is 14.9 Å². The minimum Gasteiger partial charge on any atom is -0.351 e. The fourth-order valence-corrected chi connectivity index (χ4v) is 2.88. The molecule has 2 unspecified atom stereocenters. The van der Waals surface area contributed by atoms with Gasteiger partial charge in [0.15, 0.2) is 0 Å². The Labute approximate surface area is 121 Å². The Balaban J connectivity index is 1.87. The van der Waals surface area contributed by atoms with Crippen molar-refractivity contribution in [2.24, 2.45) is 0 Å². The van der Waals surface area contributed by atoms with E-state index in [1.54, 1.807) is 12.1 Å². The van der Waals surface area contributed by atoms with Crippen LogP contribution >= 0.6 is 11.8 Å². The van der Waals surface area contributed by atoms with Crippen molar-refractivity contribution in [3.63, 3.8) is 0 Å². The quantitative estimate of drug-likeness (QED) is 0.489. The first-order valence-corrected chi connectivity index (χ1v) is 7.36. The van der Waals surface area contributed by atoms with E-state index in [4.69, 9.17) is 0 Å². The van der Waals surface area contributed by atoms with Gasteiger partial charge in [0.05, 0.1) is 10.2 Å². The number of amides is 1. The maximum atomic E-state index is 12.0. The average molecular weight is 295 g/mol. The number of nitro groups is 1. The van der Waals surface area contributed by atoms with Crippen molar-refractivity contribution in [1.29, 1.82) is 0 Å². The van der Waals surface area contributed by atoms with Crippen LogP contribution < -0.4 is 10.6 Å². The van der Waals surface area contributed by atoms with E-state index in [-0.39, 0.29) is 22.9 Å². The molecule has 1 heterocycles. The Morgan fingerprint density at radius 2 is 2.20 bits per heavy atom. The van der Waals surface area contributed by atoms with Crippen LogP contribution in [-0.4, -0.2) is 35.2 Å². The summed E-state index contributed by atoms with van der Waals surface area (Å²) in [7, 11) is 0. The number of non-ortho nitro benzene ring substituents is 1. The highest BCUT2D eigenvalue weighted by Gasteiger charge is 2.21. The van der Waals surface area contributed by atoms with E-state index in [0.29, 0.717) is 0 Å². The molecule has 0 aliphatic carbocycles. The lowest BCUT2D eigenvalue weighted by molar-refractivity contribution is -0.384. The van der Waals surface area contributed by atoms with Gasteiger partial charge in [-0.3, -0.25) is 14.9 Å². The van der Waals surface area contributed by atoms with E-state index in [2.05, 4.69) is 10.6 Å². The topological polar surface area (TPSA) is 84.3 Å². The second-order valence-corrected chi connectivity index (χ2v) is 6.12. The molecule has 1 amide bonds. The monoisotopic (exact) mass is 295 g/mol. The van der Waals surface area contributed by atoms with E-state index in [1.165, 1.54) is 23.9 Å². The third-order valence-electron chi connectivity index (χ3n) is 3.14. The number of hydrogen-bond donors (Lipinski definition) is 2. The van der Waals surface area contributed by atoms with Gasteiger partial charge < -0.3 is 10.6 Å². The average Bonchev–Trinajstić information content (AvgIpc) is 2.92. The number of carbonyl (C=O) groups excluding carboxylic acids is 1. The second-order valence-electron chi connectivity index (χ2n) is 4.71. The van der Waals surface area contributed by atoms with Gasteiger partial charge in [-0.1, -0.05) is 0 Å². The van der Waals surface area contributed by atoms with Crippen molar-refractivity contribution in [2.45, 2.75) is 29.5 Å². The van der Waals surface area contributed by atoms with Crippen molar-refractivity contribution in [2.75, 3.05) is 13.1 Å². The molecule has 0 spiro atoms. The van der Waals surface area contributed by atoms with Gasteiger partial charge >= 0.3 is 0 Å². The Bertz CT molecular complexity index is 486. The molecule has 0 bridgehead atoms. The third kappa shape index (κ3) is 3.94. The number of rotatable bonds is 5. The number of nitro benzene ring substituents is 1. The Kier molecular flexibility index (Phi) is 4.97. The lowest BCUT2D eigenvalue weighted by Gasteiger charge is -2.15. The van der Waals surface area contributed by atoms with Crippen LogP contribution in [0.25, 0.3) is 0 Å². The predicted molar refractivity (Wildman–Crippen MR) is 77.8 cm³/mol. The molecule has 6 nitrogen and oxygen atoms in total. The zero-order valence-corrected chi connectivity index (χ0v) is 12.0. The predicted octanol–water partition coefficient (Wildman–Crippen LogP) is 1.55. The fourth-order valence-electron chi connectivity index (χ4n) is 2.00. The molecule has 7 heteroatoms. The Morgan fingerprint density at radius 3 is 2.75 bits per heavy atom. The van der Waals surface area contributed by atoms with Crippen molar-refractivity contribution in [3.05, 3.63) is 34.4 Å². The highest BCUT2D eigenvalue weighted by atomic mass is 32.2. The highest BCUT2D eigenvalue weighted by Crippen LogP contribution is 2.25. The molecule has 1 saturated heterocycles. The number of hydrogen-bond acceptors (Lipinski definition) is 5. The van der Waals surface area contributed by atoms with E-state index >= 15 is 0 Å².